The smallest absolute Gasteiger partial charge is 0.267 e. The van der Waals surface area contributed by atoms with Gasteiger partial charge in [0.15, 0.2) is 11.6 Å². The molecule has 0 bridgehead atoms. The van der Waals surface area contributed by atoms with E-state index in [1.165, 1.54) is 0 Å². The second-order valence-corrected chi connectivity index (χ2v) is 11.7. The number of pyridine rings is 1. The summed E-state index contributed by atoms with van der Waals surface area (Å²) in [4.78, 5) is 27.6. The van der Waals surface area contributed by atoms with Gasteiger partial charge < -0.3 is 20.7 Å². The molecule has 0 spiro atoms. The molecule has 32 heavy (non-hydrogen) atoms. The lowest BCUT2D eigenvalue weighted by molar-refractivity contribution is 0.0985. The van der Waals surface area contributed by atoms with Crippen molar-refractivity contribution >= 4 is 33.1 Å². The normalized spacial score (nSPS) is 17.2. The number of carbonyl (C=O) groups is 1. The molecular weight excluding hydrogens is 430 g/mol. The average Bonchev–Trinajstić information content (AvgIpc) is 2.65. The Morgan fingerprint density at radius 2 is 1.97 bits per heavy atom. The molecule has 1 aliphatic heterocycles. The Kier molecular flexibility index (Phi) is 6.70. The summed E-state index contributed by atoms with van der Waals surface area (Å²) < 4.78 is 22.2. The van der Waals surface area contributed by atoms with E-state index in [0.29, 0.717) is 48.6 Å². The van der Waals surface area contributed by atoms with E-state index < -0.39 is 15.6 Å². The zero-order chi connectivity index (χ0) is 23.7. The summed E-state index contributed by atoms with van der Waals surface area (Å²) in [5, 5.41) is 3.25. The zero-order valence-corrected chi connectivity index (χ0v) is 20.2. The molecule has 0 aliphatic carbocycles. The first-order chi connectivity index (χ1) is 14.8. The second kappa shape index (κ2) is 8.99. The fourth-order valence-corrected chi connectivity index (χ4v) is 3.82. The summed E-state index contributed by atoms with van der Waals surface area (Å²) in [6.45, 7) is 9.81. The molecule has 1 fully saturated rings. The first kappa shape index (κ1) is 23.9. The van der Waals surface area contributed by atoms with E-state index in [1.807, 2.05) is 27.7 Å². The van der Waals surface area contributed by atoms with E-state index in [1.54, 1.807) is 30.7 Å². The maximum absolute atomic E-state index is 12.4. The van der Waals surface area contributed by atoms with Crippen molar-refractivity contribution in [1.82, 2.24) is 15.0 Å². The number of hydrogen-bond acceptors (Lipinski definition) is 9. The van der Waals surface area contributed by atoms with E-state index >= 15 is 0 Å². The van der Waals surface area contributed by atoms with Crippen molar-refractivity contribution in [2.45, 2.75) is 39.3 Å². The molecule has 3 N–H and O–H groups in total. The van der Waals surface area contributed by atoms with Crippen LogP contribution in [0.5, 0.6) is 0 Å². The molecule has 3 heterocycles. The zero-order valence-electron chi connectivity index (χ0n) is 19.4. The standard InChI is InChI=1S/C21H31N7O3S/c1-13-12-31-8-7-28(13)18-11-17(27-32(5,6)30)24-20(25-18)14-9-15(19(22)29)23-16(10-14)26-21(2,3)4/h9-11,13H,7-8,12H2,1-6H3,(H2,22,29)(H,23,26). The van der Waals surface area contributed by atoms with Gasteiger partial charge in [-0.15, -0.1) is 0 Å². The SMILES string of the molecule is CC1COCCN1c1cc(N=S(C)(C)=O)nc(-c2cc(NC(C)(C)C)nc(C(N)=O)c2)n1. The number of aromatic nitrogens is 3. The van der Waals surface area contributed by atoms with Crippen LogP contribution < -0.4 is 16.0 Å². The second-order valence-electron chi connectivity index (χ2n) is 9.16. The van der Waals surface area contributed by atoms with Gasteiger partial charge in [0.25, 0.3) is 5.91 Å². The van der Waals surface area contributed by atoms with Gasteiger partial charge in [-0.1, -0.05) is 0 Å². The molecule has 1 saturated heterocycles. The number of nitrogens with two attached hydrogens (primary N) is 1. The van der Waals surface area contributed by atoms with Crippen molar-refractivity contribution in [3.63, 3.8) is 0 Å². The molecule has 0 aromatic carbocycles. The molecule has 1 amide bonds. The first-order valence-corrected chi connectivity index (χ1v) is 12.6. The van der Waals surface area contributed by atoms with E-state index in [0.717, 1.165) is 0 Å². The molecule has 2 aromatic rings. The Bertz CT molecular complexity index is 1130. The number of rotatable bonds is 5. The van der Waals surface area contributed by atoms with Crippen LogP contribution in [0.2, 0.25) is 0 Å². The molecule has 10 nitrogen and oxygen atoms in total. The Morgan fingerprint density at radius 3 is 2.56 bits per heavy atom. The molecule has 1 atom stereocenters. The van der Waals surface area contributed by atoms with Crippen molar-refractivity contribution in [2.24, 2.45) is 10.1 Å². The minimum atomic E-state index is -2.45. The molecule has 0 saturated carbocycles. The summed E-state index contributed by atoms with van der Waals surface area (Å²) in [7, 11) is -2.45. The van der Waals surface area contributed by atoms with Crippen molar-refractivity contribution in [2.75, 3.05) is 42.5 Å². The number of nitrogens with one attached hydrogen (secondary N) is 1. The summed E-state index contributed by atoms with van der Waals surface area (Å²) >= 11 is 0. The third-order valence-electron chi connectivity index (χ3n) is 4.51. The molecule has 1 unspecified atom stereocenters. The van der Waals surface area contributed by atoms with Gasteiger partial charge in [0.1, 0.15) is 17.3 Å². The van der Waals surface area contributed by atoms with Crippen LogP contribution in [0.25, 0.3) is 11.4 Å². The lowest BCUT2D eigenvalue weighted by atomic mass is 10.1. The van der Waals surface area contributed by atoms with Crippen LogP contribution in [0.1, 0.15) is 38.2 Å². The van der Waals surface area contributed by atoms with Gasteiger partial charge in [-0.05, 0) is 39.8 Å². The van der Waals surface area contributed by atoms with Gasteiger partial charge in [0.2, 0.25) is 0 Å². The fraction of sp³-hybridized carbons (Fsp3) is 0.524. The Morgan fingerprint density at radius 1 is 1.25 bits per heavy atom. The number of nitrogens with zero attached hydrogens (tertiary/aromatic N) is 5. The highest BCUT2D eigenvalue weighted by atomic mass is 32.2. The van der Waals surface area contributed by atoms with Gasteiger partial charge in [-0.3, -0.25) is 4.79 Å². The van der Waals surface area contributed by atoms with Crippen LogP contribution in [-0.2, 0) is 14.5 Å². The quantitative estimate of drug-likeness (QED) is 0.693. The number of ether oxygens (including phenoxy) is 1. The molecule has 3 rings (SSSR count). The lowest BCUT2D eigenvalue weighted by Crippen LogP contribution is -2.44. The summed E-state index contributed by atoms with van der Waals surface area (Å²) in [5.74, 6) is 1.12. The maximum atomic E-state index is 12.4. The van der Waals surface area contributed by atoms with Crippen LogP contribution in [0.3, 0.4) is 0 Å². The van der Waals surface area contributed by atoms with Gasteiger partial charge in [-0.25, -0.2) is 19.2 Å². The highest BCUT2D eigenvalue weighted by Crippen LogP contribution is 2.28. The summed E-state index contributed by atoms with van der Waals surface area (Å²) in [6.07, 6.45) is 3.10. The molecule has 0 radical (unpaired) electrons. The third kappa shape index (κ3) is 6.36. The van der Waals surface area contributed by atoms with E-state index in [9.17, 15) is 9.00 Å². The van der Waals surface area contributed by atoms with Gasteiger partial charge in [0.05, 0.1) is 19.3 Å². The third-order valence-corrected chi connectivity index (χ3v) is 5.14. The van der Waals surface area contributed by atoms with Crippen LogP contribution >= 0.6 is 0 Å². The number of anilines is 2. The van der Waals surface area contributed by atoms with Crippen LogP contribution in [0.4, 0.5) is 17.5 Å². The van der Waals surface area contributed by atoms with Crippen molar-refractivity contribution < 1.29 is 13.7 Å². The highest BCUT2D eigenvalue weighted by molar-refractivity contribution is 7.92. The van der Waals surface area contributed by atoms with Crippen LogP contribution in [0.15, 0.2) is 22.6 Å². The average molecular weight is 462 g/mol. The van der Waals surface area contributed by atoms with Gasteiger partial charge in [-0.2, -0.15) is 4.36 Å². The molecule has 174 valence electrons. The minimum absolute atomic E-state index is 0.0938. The van der Waals surface area contributed by atoms with Crippen molar-refractivity contribution in [1.29, 1.82) is 0 Å². The number of amides is 1. The Hall–Kier alpha value is -2.79. The molecule has 2 aromatic heterocycles. The van der Waals surface area contributed by atoms with E-state index in [2.05, 4.69) is 24.5 Å². The monoisotopic (exact) mass is 461 g/mol. The predicted octanol–water partition coefficient (Wildman–Crippen LogP) is 2.43. The van der Waals surface area contributed by atoms with E-state index in [4.69, 9.17) is 15.5 Å². The van der Waals surface area contributed by atoms with Gasteiger partial charge in [0, 0.05) is 46.0 Å². The number of morpholine rings is 1. The summed E-state index contributed by atoms with van der Waals surface area (Å²) in [6, 6.07) is 5.14. The molecule has 11 heteroatoms. The minimum Gasteiger partial charge on any atom is -0.377 e. The predicted molar refractivity (Wildman–Crippen MR) is 127 cm³/mol. The van der Waals surface area contributed by atoms with E-state index in [-0.39, 0.29) is 17.3 Å². The Labute approximate surface area is 189 Å². The maximum Gasteiger partial charge on any atom is 0.267 e. The van der Waals surface area contributed by atoms with Gasteiger partial charge >= 0.3 is 0 Å². The number of primary amides is 1. The first-order valence-electron chi connectivity index (χ1n) is 10.3. The number of carbonyl (C=O) groups excluding carboxylic acids is 1. The molecule has 1 aliphatic rings. The van der Waals surface area contributed by atoms with Crippen molar-refractivity contribution in [3.8, 4) is 11.4 Å². The summed E-state index contributed by atoms with van der Waals surface area (Å²) in [5.41, 5.74) is 5.88. The largest absolute Gasteiger partial charge is 0.377 e. The lowest BCUT2D eigenvalue weighted by Gasteiger charge is -2.34. The Balaban J connectivity index is 2.19. The van der Waals surface area contributed by atoms with Crippen LogP contribution in [-0.4, -0.2) is 68.9 Å². The molecular formula is C21H31N7O3S. The van der Waals surface area contributed by atoms with Crippen molar-refractivity contribution in [3.05, 3.63) is 23.9 Å². The van der Waals surface area contributed by atoms with Crippen LogP contribution in [0, 0.1) is 0 Å². The highest BCUT2D eigenvalue weighted by Gasteiger charge is 2.23. The number of hydrogen-bond donors (Lipinski definition) is 2. The topological polar surface area (TPSA) is 136 Å². The fourth-order valence-electron chi connectivity index (χ4n) is 3.27.